The SMILES string of the molecule is CCOC(=O)c1cc(I)ccc1OC(F)F. The van der Waals surface area contributed by atoms with Gasteiger partial charge in [0.1, 0.15) is 11.3 Å². The van der Waals surface area contributed by atoms with Crippen LogP contribution in [0.5, 0.6) is 5.75 Å². The van der Waals surface area contributed by atoms with E-state index in [1.54, 1.807) is 13.0 Å². The summed E-state index contributed by atoms with van der Waals surface area (Å²) >= 11 is 1.97. The third-order valence-corrected chi connectivity index (χ3v) is 2.32. The van der Waals surface area contributed by atoms with Crippen LogP contribution in [-0.2, 0) is 4.74 Å². The fourth-order valence-corrected chi connectivity index (χ4v) is 1.56. The van der Waals surface area contributed by atoms with Gasteiger partial charge >= 0.3 is 12.6 Å². The Morgan fingerprint density at radius 3 is 2.75 bits per heavy atom. The molecule has 0 aromatic heterocycles. The van der Waals surface area contributed by atoms with Crippen molar-refractivity contribution >= 4 is 28.6 Å². The van der Waals surface area contributed by atoms with Crippen LogP contribution in [0.15, 0.2) is 18.2 Å². The zero-order chi connectivity index (χ0) is 12.1. The summed E-state index contributed by atoms with van der Waals surface area (Å²) < 4.78 is 33.9. The lowest BCUT2D eigenvalue weighted by atomic mass is 10.2. The summed E-state index contributed by atoms with van der Waals surface area (Å²) in [6.07, 6.45) is 0. The first kappa shape index (κ1) is 13.1. The average Bonchev–Trinajstić information content (AvgIpc) is 2.20. The predicted octanol–water partition coefficient (Wildman–Crippen LogP) is 3.07. The van der Waals surface area contributed by atoms with Gasteiger partial charge in [-0.05, 0) is 47.7 Å². The highest BCUT2D eigenvalue weighted by atomic mass is 127. The number of benzene rings is 1. The number of carbonyl (C=O) groups excluding carboxylic acids is 1. The molecule has 0 bridgehead atoms. The van der Waals surface area contributed by atoms with Gasteiger partial charge in [-0.15, -0.1) is 0 Å². The molecule has 0 fully saturated rings. The van der Waals surface area contributed by atoms with Gasteiger partial charge in [0.05, 0.1) is 6.61 Å². The smallest absolute Gasteiger partial charge is 0.387 e. The number of hydrogen-bond donors (Lipinski definition) is 0. The summed E-state index contributed by atoms with van der Waals surface area (Å²) in [4.78, 5) is 11.4. The van der Waals surface area contributed by atoms with Crippen molar-refractivity contribution in [3.05, 3.63) is 27.3 Å². The highest BCUT2D eigenvalue weighted by Crippen LogP contribution is 2.23. The van der Waals surface area contributed by atoms with Crippen LogP contribution in [0.2, 0.25) is 0 Å². The summed E-state index contributed by atoms with van der Waals surface area (Å²) in [6.45, 7) is -1.15. The van der Waals surface area contributed by atoms with Crippen LogP contribution in [-0.4, -0.2) is 19.2 Å². The van der Waals surface area contributed by atoms with Gasteiger partial charge in [0.25, 0.3) is 0 Å². The Hall–Kier alpha value is -0.920. The third-order valence-electron chi connectivity index (χ3n) is 1.65. The van der Waals surface area contributed by atoms with Crippen LogP contribution in [0, 0.1) is 3.57 Å². The van der Waals surface area contributed by atoms with E-state index in [2.05, 4.69) is 4.74 Å². The van der Waals surface area contributed by atoms with Gasteiger partial charge in [0.15, 0.2) is 0 Å². The van der Waals surface area contributed by atoms with Crippen LogP contribution in [0.1, 0.15) is 17.3 Å². The van der Waals surface area contributed by atoms with E-state index in [1.165, 1.54) is 12.1 Å². The molecule has 16 heavy (non-hydrogen) atoms. The molecule has 0 aliphatic carbocycles. The Kier molecular flexibility index (Phi) is 4.91. The first-order chi connectivity index (χ1) is 7.54. The molecule has 0 spiro atoms. The lowest BCUT2D eigenvalue weighted by Crippen LogP contribution is -2.10. The summed E-state index contributed by atoms with van der Waals surface area (Å²) in [5.74, 6) is -0.842. The summed E-state index contributed by atoms with van der Waals surface area (Å²) in [6, 6.07) is 4.33. The standard InChI is InChI=1S/C10H9F2IO3/c1-2-15-9(14)7-5-6(13)3-4-8(7)16-10(11)12/h3-5,10H,2H2,1H3. The lowest BCUT2D eigenvalue weighted by molar-refractivity contribution is -0.0504. The summed E-state index contributed by atoms with van der Waals surface area (Å²) in [5.41, 5.74) is 0.00838. The van der Waals surface area contributed by atoms with Gasteiger partial charge < -0.3 is 9.47 Å². The summed E-state index contributed by atoms with van der Waals surface area (Å²) in [7, 11) is 0. The average molecular weight is 342 g/mol. The Morgan fingerprint density at radius 1 is 1.50 bits per heavy atom. The molecule has 0 heterocycles. The van der Waals surface area contributed by atoms with Crippen molar-refractivity contribution in [3.63, 3.8) is 0 Å². The normalized spacial score (nSPS) is 10.3. The molecule has 1 rings (SSSR count). The minimum atomic E-state index is -2.96. The van der Waals surface area contributed by atoms with Gasteiger partial charge in [-0.1, -0.05) is 0 Å². The zero-order valence-corrected chi connectivity index (χ0v) is 10.5. The second-order valence-corrected chi connectivity index (χ2v) is 3.99. The number of halogens is 3. The van der Waals surface area contributed by atoms with E-state index in [4.69, 9.17) is 4.74 Å². The Labute approximate surface area is 105 Å². The second-order valence-electron chi connectivity index (χ2n) is 2.74. The molecule has 0 N–H and O–H groups in total. The van der Waals surface area contributed by atoms with Gasteiger partial charge in [-0.2, -0.15) is 8.78 Å². The molecule has 0 aliphatic rings. The van der Waals surface area contributed by atoms with Crippen molar-refractivity contribution in [1.82, 2.24) is 0 Å². The van der Waals surface area contributed by atoms with Gasteiger partial charge in [-0.25, -0.2) is 4.79 Å². The largest absolute Gasteiger partial charge is 0.462 e. The Morgan fingerprint density at radius 2 is 2.19 bits per heavy atom. The van der Waals surface area contributed by atoms with Crippen molar-refractivity contribution < 1.29 is 23.0 Å². The third kappa shape index (κ3) is 3.58. The van der Waals surface area contributed by atoms with E-state index in [1.807, 2.05) is 22.6 Å². The Bertz CT molecular complexity index is 382. The number of alkyl halides is 2. The molecule has 0 saturated carbocycles. The number of esters is 1. The van der Waals surface area contributed by atoms with Crippen molar-refractivity contribution in [2.45, 2.75) is 13.5 Å². The molecule has 3 nitrogen and oxygen atoms in total. The van der Waals surface area contributed by atoms with Gasteiger partial charge in [0, 0.05) is 3.57 Å². The molecule has 0 radical (unpaired) electrons. The monoisotopic (exact) mass is 342 g/mol. The maximum Gasteiger partial charge on any atom is 0.387 e. The minimum Gasteiger partial charge on any atom is -0.462 e. The summed E-state index contributed by atoms with van der Waals surface area (Å²) in [5, 5.41) is 0. The quantitative estimate of drug-likeness (QED) is 0.623. The van der Waals surface area contributed by atoms with Crippen LogP contribution in [0.3, 0.4) is 0 Å². The molecule has 0 amide bonds. The molecule has 1 aromatic carbocycles. The molecule has 0 aliphatic heterocycles. The number of ether oxygens (including phenoxy) is 2. The molecule has 1 aromatic rings. The minimum absolute atomic E-state index is 0.00838. The number of carbonyl (C=O) groups is 1. The van der Waals surface area contributed by atoms with Crippen molar-refractivity contribution in [2.75, 3.05) is 6.61 Å². The van der Waals surface area contributed by atoms with E-state index in [0.717, 1.165) is 3.57 Å². The molecular formula is C10H9F2IO3. The van der Waals surface area contributed by atoms with Gasteiger partial charge in [-0.3, -0.25) is 0 Å². The van der Waals surface area contributed by atoms with Crippen LogP contribution in [0.4, 0.5) is 8.78 Å². The van der Waals surface area contributed by atoms with Crippen LogP contribution >= 0.6 is 22.6 Å². The molecule has 88 valence electrons. The van der Waals surface area contributed by atoms with E-state index >= 15 is 0 Å². The van der Waals surface area contributed by atoms with E-state index in [0.29, 0.717) is 0 Å². The Balaban J connectivity index is 3.02. The highest BCUT2D eigenvalue weighted by molar-refractivity contribution is 14.1. The van der Waals surface area contributed by atoms with Crippen molar-refractivity contribution in [2.24, 2.45) is 0 Å². The van der Waals surface area contributed by atoms with Crippen LogP contribution < -0.4 is 4.74 Å². The van der Waals surface area contributed by atoms with E-state index < -0.39 is 12.6 Å². The molecule has 0 unspecified atom stereocenters. The molecular weight excluding hydrogens is 333 g/mol. The molecule has 0 atom stereocenters. The van der Waals surface area contributed by atoms with Gasteiger partial charge in [0.2, 0.25) is 0 Å². The maximum atomic E-state index is 12.1. The second kappa shape index (κ2) is 5.97. The first-order valence-electron chi connectivity index (χ1n) is 4.46. The highest BCUT2D eigenvalue weighted by Gasteiger charge is 2.17. The van der Waals surface area contributed by atoms with Crippen LogP contribution in [0.25, 0.3) is 0 Å². The maximum absolute atomic E-state index is 12.1. The lowest BCUT2D eigenvalue weighted by Gasteiger charge is -2.10. The number of hydrogen-bond acceptors (Lipinski definition) is 3. The van der Waals surface area contributed by atoms with E-state index in [9.17, 15) is 13.6 Å². The first-order valence-corrected chi connectivity index (χ1v) is 5.54. The van der Waals surface area contributed by atoms with Crippen molar-refractivity contribution in [1.29, 1.82) is 0 Å². The topological polar surface area (TPSA) is 35.5 Å². The number of rotatable bonds is 4. The fraction of sp³-hybridized carbons (Fsp3) is 0.300. The predicted molar refractivity (Wildman–Crippen MR) is 61.7 cm³/mol. The van der Waals surface area contributed by atoms with Crippen molar-refractivity contribution in [3.8, 4) is 5.75 Å². The zero-order valence-electron chi connectivity index (χ0n) is 8.38. The fourth-order valence-electron chi connectivity index (χ4n) is 1.07. The molecule has 0 saturated heterocycles. The van der Waals surface area contributed by atoms with E-state index in [-0.39, 0.29) is 17.9 Å². The molecule has 6 heteroatoms.